The van der Waals surface area contributed by atoms with Crippen LogP contribution < -0.4 is 4.74 Å². The number of nitrogens with one attached hydrogen (secondary N) is 1. The Morgan fingerprint density at radius 2 is 2.00 bits per heavy atom. The zero-order valence-electron chi connectivity index (χ0n) is 8.49. The fourth-order valence-electron chi connectivity index (χ4n) is 1.17. The first-order valence-electron chi connectivity index (χ1n) is 4.57. The molecular formula is C11H13NO3. The number of ether oxygens (including phenoxy) is 1. The van der Waals surface area contributed by atoms with Gasteiger partial charge in [-0.25, -0.2) is 4.79 Å². The minimum absolute atomic E-state index is 0.252. The maximum absolute atomic E-state index is 10.4. The Labute approximate surface area is 88.0 Å². The summed E-state index contributed by atoms with van der Waals surface area (Å²) in [4.78, 5) is 10.4. The van der Waals surface area contributed by atoms with Crippen LogP contribution in [-0.4, -0.2) is 23.9 Å². The van der Waals surface area contributed by atoms with Crippen molar-refractivity contribution < 1.29 is 14.6 Å². The molecule has 0 amide bonds. The van der Waals surface area contributed by atoms with Gasteiger partial charge in [0.05, 0.1) is 7.11 Å². The number of carboxylic acid groups (broad SMARTS) is 1. The van der Waals surface area contributed by atoms with Gasteiger partial charge in [0.1, 0.15) is 11.5 Å². The molecule has 1 aromatic rings. The van der Waals surface area contributed by atoms with Crippen LogP contribution in [-0.2, 0) is 11.2 Å². The maximum Gasteiger partial charge on any atom is 0.349 e. The quantitative estimate of drug-likeness (QED) is 0.722. The zero-order valence-corrected chi connectivity index (χ0v) is 8.49. The highest BCUT2D eigenvalue weighted by atomic mass is 16.5. The fraction of sp³-hybridized carbons (Fsp3) is 0.273. The molecule has 0 heterocycles. The highest BCUT2D eigenvalue weighted by Crippen LogP contribution is 2.12. The van der Waals surface area contributed by atoms with Gasteiger partial charge in [0.25, 0.3) is 0 Å². The van der Waals surface area contributed by atoms with Gasteiger partial charge in [-0.3, -0.25) is 5.41 Å². The van der Waals surface area contributed by atoms with Crippen molar-refractivity contribution in [3.8, 4) is 5.75 Å². The van der Waals surface area contributed by atoms with Crippen molar-refractivity contribution in [1.29, 1.82) is 5.41 Å². The molecule has 0 saturated heterocycles. The van der Waals surface area contributed by atoms with Crippen LogP contribution in [0.3, 0.4) is 0 Å². The van der Waals surface area contributed by atoms with Gasteiger partial charge in [-0.2, -0.15) is 0 Å². The second-order valence-electron chi connectivity index (χ2n) is 3.13. The number of benzene rings is 1. The van der Waals surface area contributed by atoms with E-state index in [-0.39, 0.29) is 12.1 Å². The Bertz CT molecular complexity index is 357. The second kappa shape index (κ2) is 5.14. The SMILES string of the molecule is COc1ccc(CCC(=N)C(=O)O)cc1. The standard InChI is InChI=1S/C11H13NO3/c1-15-9-5-2-8(3-6-9)4-7-10(12)11(13)14/h2-3,5-6,12H,4,7H2,1H3,(H,13,14). The lowest BCUT2D eigenvalue weighted by atomic mass is 10.1. The molecule has 0 aliphatic rings. The molecule has 80 valence electrons. The van der Waals surface area contributed by atoms with Crippen LogP contribution in [0.5, 0.6) is 5.75 Å². The number of rotatable bonds is 5. The molecule has 15 heavy (non-hydrogen) atoms. The van der Waals surface area contributed by atoms with E-state index in [0.29, 0.717) is 6.42 Å². The topological polar surface area (TPSA) is 70.4 Å². The predicted molar refractivity (Wildman–Crippen MR) is 56.7 cm³/mol. The summed E-state index contributed by atoms with van der Waals surface area (Å²) in [5.41, 5.74) is 0.743. The van der Waals surface area contributed by atoms with E-state index in [9.17, 15) is 4.79 Å². The lowest BCUT2D eigenvalue weighted by Gasteiger charge is -2.02. The van der Waals surface area contributed by atoms with Gasteiger partial charge >= 0.3 is 5.97 Å². The van der Waals surface area contributed by atoms with E-state index in [4.69, 9.17) is 15.3 Å². The van der Waals surface area contributed by atoms with E-state index < -0.39 is 5.97 Å². The molecule has 0 aromatic heterocycles. The number of aliphatic carboxylic acids is 1. The first-order chi connectivity index (χ1) is 7.13. The molecule has 1 rings (SSSR count). The summed E-state index contributed by atoms with van der Waals surface area (Å²) in [6, 6.07) is 7.38. The first kappa shape index (κ1) is 11.2. The molecule has 0 aliphatic heterocycles. The van der Waals surface area contributed by atoms with E-state index in [2.05, 4.69) is 0 Å². The Balaban J connectivity index is 2.51. The van der Waals surface area contributed by atoms with Crippen molar-refractivity contribution in [1.82, 2.24) is 0 Å². The molecule has 0 spiro atoms. The Morgan fingerprint density at radius 3 is 2.47 bits per heavy atom. The first-order valence-corrected chi connectivity index (χ1v) is 4.57. The monoisotopic (exact) mass is 207 g/mol. The van der Waals surface area contributed by atoms with Gasteiger partial charge in [0.2, 0.25) is 0 Å². The molecule has 0 fully saturated rings. The molecule has 0 atom stereocenters. The minimum atomic E-state index is -1.15. The third kappa shape index (κ3) is 3.42. The smallest absolute Gasteiger partial charge is 0.349 e. The molecule has 0 bridgehead atoms. The van der Waals surface area contributed by atoms with Crippen molar-refractivity contribution in [2.24, 2.45) is 0 Å². The highest BCUT2D eigenvalue weighted by Gasteiger charge is 2.06. The molecule has 0 unspecified atom stereocenters. The molecule has 1 aromatic carbocycles. The normalized spacial score (nSPS) is 9.67. The van der Waals surface area contributed by atoms with Crippen LogP contribution in [0.15, 0.2) is 24.3 Å². The average molecular weight is 207 g/mol. The highest BCUT2D eigenvalue weighted by molar-refractivity contribution is 6.34. The number of carbonyl (C=O) groups is 1. The van der Waals surface area contributed by atoms with E-state index in [1.165, 1.54) is 0 Å². The third-order valence-corrected chi connectivity index (χ3v) is 2.08. The van der Waals surface area contributed by atoms with E-state index in [1.807, 2.05) is 24.3 Å². The van der Waals surface area contributed by atoms with Crippen molar-refractivity contribution in [3.05, 3.63) is 29.8 Å². The molecule has 0 aliphatic carbocycles. The van der Waals surface area contributed by atoms with E-state index in [0.717, 1.165) is 11.3 Å². The number of hydrogen-bond acceptors (Lipinski definition) is 3. The molecule has 4 heteroatoms. The maximum atomic E-state index is 10.4. The van der Waals surface area contributed by atoms with Crippen LogP contribution in [0.25, 0.3) is 0 Å². The summed E-state index contributed by atoms with van der Waals surface area (Å²) in [6.07, 6.45) is 0.816. The summed E-state index contributed by atoms with van der Waals surface area (Å²) in [6.45, 7) is 0. The Morgan fingerprint density at radius 1 is 1.40 bits per heavy atom. The van der Waals surface area contributed by atoms with Crippen LogP contribution in [0, 0.1) is 5.41 Å². The largest absolute Gasteiger partial charge is 0.497 e. The molecule has 0 radical (unpaired) electrons. The van der Waals surface area contributed by atoms with Gasteiger partial charge in [-0.1, -0.05) is 12.1 Å². The van der Waals surface area contributed by atoms with Gasteiger partial charge in [0, 0.05) is 6.42 Å². The van der Waals surface area contributed by atoms with Crippen molar-refractivity contribution in [2.45, 2.75) is 12.8 Å². The van der Waals surface area contributed by atoms with Gasteiger partial charge in [-0.15, -0.1) is 0 Å². The third-order valence-electron chi connectivity index (χ3n) is 2.08. The average Bonchev–Trinajstić information content (AvgIpc) is 2.26. The van der Waals surface area contributed by atoms with E-state index in [1.54, 1.807) is 7.11 Å². The summed E-state index contributed by atoms with van der Waals surface area (Å²) >= 11 is 0. The van der Waals surface area contributed by atoms with Gasteiger partial charge in [0.15, 0.2) is 0 Å². The van der Waals surface area contributed by atoms with Crippen molar-refractivity contribution >= 4 is 11.7 Å². The molecular weight excluding hydrogens is 194 g/mol. The fourth-order valence-corrected chi connectivity index (χ4v) is 1.17. The number of hydrogen-bond donors (Lipinski definition) is 2. The lowest BCUT2D eigenvalue weighted by Crippen LogP contribution is -2.11. The number of aryl methyl sites for hydroxylation is 1. The van der Waals surface area contributed by atoms with Crippen LogP contribution >= 0.6 is 0 Å². The minimum Gasteiger partial charge on any atom is -0.497 e. The van der Waals surface area contributed by atoms with Crippen LogP contribution in [0.2, 0.25) is 0 Å². The number of carboxylic acids is 1. The Hall–Kier alpha value is -1.84. The zero-order chi connectivity index (χ0) is 11.3. The van der Waals surface area contributed by atoms with Gasteiger partial charge in [-0.05, 0) is 24.1 Å². The molecule has 2 N–H and O–H groups in total. The van der Waals surface area contributed by atoms with Crippen molar-refractivity contribution in [3.63, 3.8) is 0 Å². The van der Waals surface area contributed by atoms with Gasteiger partial charge < -0.3 is 9.84 Å². The van der Waals surface area contributed by atoms with Crippen LogP contribution in [0.1, 0.15) is 12.0 Å². The summed E-state index contributed by atoms with van der Waals surface area (Å²) < 4.78 is 5.00. The Kier molecular flexibility index (Phi) is 3.85. The summed E-state index contributed by atoms with van der Waals surface area (Å²) in [5, 5.41) is 15.6. The lowest BCUT2D eigenvalue weighted by molar-refractivity contribution is -0.129. The number of methoxy groups -OCH3 is 1. The van der Waals surface area contributed by atoms with Crippen LogP contribution in [0.4, 0.5) is 0 Å². The van der Waals surface area contributed by atoms with Crippen molar-refractivity contribution in [2.75, 3.05) is 7.11 Å². The van der Waals surface area contributed by atoms with E-state index >= 15 is 0 Å². The summed E-state index contributed by atoms with van der Waals surface area (Å²) in [5.74, 6) is -0.379. The molecule has 4 nitrogen and oxygen atoms in total. The second-order valence-corrected chi connectivity index (χ2v) is 3.13. The summed E-state index contributed by atoms with van der Waals surface area (Å²) in [7, 11) is 1.59. The molecule has 0 saturated carbocycles. The predicted octanol–water partition coefficient (Wildman–Crippen LogP) is 1.73.